The van der Waals surface area contributed by atoms with Crippen LogP contribution in [0.4, 0.5) is 0 Å². The van der Waals surface area contributed by atoms with Gasteiger partial charge in [-0.2, -0.15) is 0 Å². The van der Waals surface area contributed by atoms with E-state index in [1.807, 2.05) is 6.07 Å². The second kappa shape index (κ2) is 6.39. The lowest BCUT2D eigenvalue weighted by molar-refractivity contribution is 0.708. The maximum absolute atomic E-state index is 11.2. The molecule has 6 nitrogen and oxygen atoms in total. The molecule has 0 atom stereocenters. The van der Waals surface area contributed by atoms with Crippen molar-refractivity contribution in [3.05, 3.63) is 34.2 Å². The lowest BCUT2D eigenvalue weighted by Gasteiger charge is -2.07. The number of fused-ring (bicyclic) bond motifs is 1. The van der Waals surface area contributed by atoms with Gasteiger partial charge in [0, 0.05) is 11.5 Å². The zero-order chi connectivity index (χ0) is 15.5. The smallest absolute Gasteiger partial charge is 0.323 e. The van der Waals surface area contributed by atoms with Crippen molar-refractivity contribution in [2.24, 2.45) is 10.7 Å². The molecule has 3 rings (SSSR count). The number of hydrogen-bond donors (Lipinski definition) is 4. The number of aliphatic imine (C=N–C) groups is 1. The van der Waals surface area contributed by atoms with Gasteiger partial charge in [0.05, 0.1) is 17.1 Å². The molecule has 1 aliphatic carbocycles. The number of H-pyrrole nitrogens is 2. The van der Waals surface area contributed by atoms with E-state index in [1.165, 1.54) is 24.6 Å². The van der Waals surface area contributed by atoms with Gasteiger partial charge in [0.25, 0.3) is 0 Å². The van der Waals surface area contributed by atoms with Crippen LogP contribution in [0.3, 0.4) is 0 Å². The lowest BCUT2D eigenvalue weighted by Crippen LogP contribution is -2.14. The highest BCUT2D eigenvalue weighted by atomic mass is 32.2. The number of nitrogens with zero attached hydrogens (tertiary/aromatic N) is 1. The van der Waals surface area contributed by atoms with Gasteiger partial charge < -0.3 is 21.1 Å². The quantitative estimate of drug-likeness (QED) is 0.512. The Balaban J connectivity index is 1.63. The highest BCUT2D eigenvalue weighted by molar-refractivity contribution is 8.14. The van der Waals surface area contributed by atoms with E-state index < -0.39 is 0 Å². The summed E-state index contributed by atoms with van der Waals surface area (Å²) in [5.74, 6) is 0.474. The molecule has 1 aliphatic rings. The molecule has 0 unspecified atom stereocenters. The van der Waals surface area contributed by atoms with Crippen LogP contribution >= 0.6 is 11.8 Å². The average Bonchev–Trinajstić information content (AvgIpc) is 3.12. The molecule has 0 bridgehead atoms. The van der Waals surface area contributed by atoms with Crippen molar-refractivity contribution in [3.8, 4) is 0 Å². The van der Waals surface area contributed by atoms with Gasteiger partial charge in [0.15, 0.2) is 5.17 Å². The van der Waals surface area contributed by atoms with Crippen LogP contribution in [0, 0.1) is 5.41 Å². The standard InChI is InChI=1S/C15H19N5OS/c16-11(8-22-14(17)18-10-3-1-2-4-10)9-5-6-12-13(7-9)20-15(21)19-12/h5-7,10,16H,1-4,8H2,(H2,17,18)(H2,19,20,21). The van der Waals surface area contributed by atoms with Crippen molar-refractivity contribution < 1.29 is 0 Å². The van der Waals surface area contributed by atoms with E-state index >= 15 is 0 Å². The number of hydrogen-bond acceptors (Lipinski definition) is 4. The molecule has 0 radical (unpaired) electrons. The minimum Gasteiger partial charge on any atom is -0.379 e. The highest BCUT2D eigenvalue weighted by Crippen LogP contribution is 2.22. The molecule has 1 aromatic carbocycles. The van der Waals surface area contributed by atoms with E-state index in [4.69, 9.17) is 11.1 Å². The van der Waals surface area contributed by atoms with Crippen LogP contribution in [0.5, 0.6) is 0 Å². The monoisotopic (exact) mass is 317 g/mol. The first-order valence-corrected chi connectivity index (χ1v) is 8.36. The number of imidazole rings is 1. The van der Waals surface area contributed by atoms with E-state index in [9.17, 15) is 4.79 Å². The topological polar surface area (TPSA) is 111 Å². The first kappa shape index (κ1) is 14.9. The van der Waals surface area contributed by atoms with Gasteiger partial charge in [-0.25, -0.2) is 4.79 Å². The molecule has 1 fully saturated rings. The summed E-state index contributed by atoms with van der Waals surface area (Å²) in [5.41, 5.74) is 8.41. The third-order valence-corrected chi connectivity index (χ3v) is 4.70. The fourth-order valence-electron chi connectivity index (χ4n) is 2.70. The summed E-state index contributed by atoms with van der Waals surface area (Å²) in [6.45, 7) is 0. The Morgan fingerprint density at radius 2 is 2.05 bits per heavy atom. The Kier molecular flexibility index (Phi) is 4.33. The third kappa shape index (κ3) is 3.41. The summed E-state index contributed by atoms with van der Waals surface area (Å²) in [6.07, 6.45) is 4.71. The molecule has 0 spiro atoms. The molecule has 0 amide bonds. The first-order valence-electron chi connectivity index (χ1n) is 7.38. The van der Waals surface area contributed by atoms with Gasteiger partial charge in [-0.15, -0.1) is 0 Å². The molecule has 116 valence electrons. The number of rotatable bonds is 4. The van der Waals surface area contributed by atoms with Crippen LogP contribution in [0.1, 0.15) is 31.2 Å². The summed E-state index contributed by atoms with van der Waals surface area (Å²) in [6, 6.07) is 5.81. The lowest BCUT2D eigenvalue weighted by atomic mass is 10.1. The Hall–Kier alpha value is -2.02. The van der Waals surface area contributed by atoms with E-state index in [2.05, 4.69) is 15.0 Å². The molecule has 5 N–H and O–H groups in total. The summed E-state index contributed by atoms with van der Waals surface area (Å²) in [7, 11) is 0. The van der Waals surface area contributed by atoms with Crippen molar-refractivity contribution in [2.45, 2.75) is 31.7 Å². The molecule has 0 saturated heterocycles. The average molecular weight is 317 g/mol. The Morgan fingerprint density at radius 3 is 2.82 bits per heavy atom. The maximum Gasteiger partial charge on any atom is 0.323 e. The molecule has 2 aromatic rings. The van der Waals surface area contributed by atoms with Crippen molar-refractivity contribution in [2.75, 3.05) is 5.75 Å². The van der Waals surface area contributed by atoms with Gasteiger partial charge in [0.1, 0.15) is 0 Å². The first-order chi connectivity index (χ1) is 10.6. The largest absolute Gasteiger partial charge is 0.379 e. The third-order valence-electron chi connectivity index (χ3n) is 3.86. The number of aromatic amines is 2. The number of thioether (sulfide) groups is 1. The number of nitrogens with two attached hydrogens (primary N) is 1. The van der Waals surface area contributed by atoms with E-state index in [0.29, 0.717) is 28.2 Å². The van der Waals surface area contributed by atoms with Crippen molar-refractivity contribution in [3.63, 3.8) is 0 Å². The molecular weight excluding hydrogens is 298 g/mol. The van der Waals surface area contributed by atoms with Crippen LogP contribution in [-0.4, -0.2) is 32.6 Å². The minimum absolute atomic E-state index is 0.235. The van der Waals surface area contributed by atoms with Crippen molar-refractivity contribution >= 4 is 33.7 Å². The number of aromatic nitrogens is 2. The molecule has 1 heterocycles. The molecule has 1 aromatic heterocycles. The maximum atomic E-state index is 11.2. The zero-order valence-corrected chi connectivity index (χ0v) is 13.0. The second-order valence-electron chi connectivity index (χ2n) is 5.51. The highest BCUT2D eigenvalue weighted by Gasteiger charge is 2.14. The SMILES string of the molecule is N=C(CSC(N)=NC1CCCC1)c1ccc2[nH]c(=O)[nH]c2c1. The number of benzene rings is 1. The number of amidine groups is 1. The normalized spacial score (nSPS) is 16.5. The molecule has 22 heavy (non-hydrogen) atoms. The number of nitrogens with one attached hydrogen (secondary N) is 3. The fourth-order valence-corrected chi connectivity index (χ4v) is 3.38. The van der Waals surface area contributed by atoms with E-state index in [1.54, 1.807) is 12.1 Å². The molecule has 1 saturated carbocycles. The van der Waals surface area contributed by atoms with Crippen LogP contribution in [0.2, 0.25) is 0 Å². The Labute approximate surface area is 132 Å². The van der Waals surface area contributed by atoms with E-state index in [0.717, 1.165) is 23.9 Å². The molecule has 7 heteroatoms. The van der Waals surface area contributed by atoms with Crippen LogP contribution in [0.15, 0.2) is 28.0 Å². The Morgan fingerprint density at radius 1 is 1.32 bits per heavy atom. The Bertz CT molecular complexity index is 770. The predicted molar refractivity (Wildman–Crippen MR) is 92.1 cm³/mol. The fraction of sp³-hybridized carbons (Fsp3) is 0.400. The summed E-state index contributed by atoms with van der Waals surface area (Å²) >= 11 is 1.40. The van der Waals surface area contributed by atoms with Crippen LogP contribution < -0.4 is 11.4 Å². The molecular formula is C15H19N5OS. The van der Waals surface area contributed by atoms with Crippen LogP contribution in [-0.2, 0) is 0 Å². The van der Waals surface area contributed by atoms with Crippen molar-refractivity contribution in [1.29, 1.82) is 5.41 Å². The minimum atomic E-state index is -0.235. The summed E-state index contributed by atoms with van der Waals surface area (Å²) < 4.78 is 0. The van der Waals surface area contributed by atoms with Crippen molar-refractivity contribution in [1.82, 2.24) is 9.97 Å². The van der Waals surface area contributed by atoms with Gasteiger partial charge in [-0.1, -0.05) is 30.7 Å². The summed E-state index contributed by atoms with van der Waals surface area (Å²) in [4.78, 5) is 21.1. The van der Waals surface area contributed by atoms with Gasteiger partial charge in [0.2, 0.25) is 0 Å². The van der Waals surface area contributed by atoms with Gasteiger partial charge in [-0.3, -0.25) is 4.99 Å². The van der Waals surface area contributed by atoms with Gasteiger partial charge in [-0.05, 0) is 30.5 Å². The van der Waals surface area contributed by atoms with Gasteiger partial charge >= 0.3 is 5.69 Å². The predicted octanol–water partition coefficient (Wildman–Crippen LogP) is 2.21. The summed E-state index contributed by atoms with van der Waals surface area (Å²) in [5, 5.41) is 8.72. The van der Waals surface area contributed by atoms with E-state index in [-0.39, 0.29) is 5.69 Å². The molecule has 0 aliphatic heterocycles. The second-order valence-corrected chi connectivity index (χ2v) is 6.51. The zero-order valence-electron chi connectivity index (χ0n) is 12.2. The van der Waals surface area contributed by atoms with Crippen LogP contribution in [0.25, 0.3) is 11.0 Å².